The second-order valence-corrected chi connectivity index (χ2v) is 8.08. The fourth-order valence-electron chi connectivity index (χ4n) is 2.64. The third-order valence-corrected chi connectivity index (χ3v) is 4.93. The number of rotatable bonds is 6. The van der Waals surface area contributed by atoms with Crippen LogP contribution >= 0.6 is 0 Å². The maximum Gasteiger partial charge on any atom is 0.232 e. The number of nitrogens with zero attached hydrogens (tertiary/aromatic N) is 2. The van der Waals surface area contributed by atoms with Crippen molar-refractivity contribution in [3.8, 4) is 6.07 Å². The summed E-state index contributed by atoms with van der Waals surface area (Å²) in [6.07, 6.45) is 1.14. The molecule has 26 heavy (non-hydrogen) atoms. The highest BCUT2D eigenvalue weighted by Gasteiger charge is 2.19. The molecule has 0 radical (unpaired) electrons. The maximum absolute atomic E-state index is 12.2. The van der Waals surface area contributed by atoms with Crippen molar-refractivity contribution in [3.05, 3.63) is 59.2 Å². The smallest absolute Gasteiger partial charge is 0.232 e. The lowest BCUT2D eigenvalue weighted by Gasteiger charge is -2.23. The summed E-state index contributed by atoms with van der Waals surface area (Å²) in [7, 11) is -3.51. The molecule has 1 amide bonds. The molecule has 2 aromatic rings. The number of hydrogen-bond donors (Lipinski definition) is 1. The molecule has 2 rings (SSSR count). The average molecular weight is 371 g/mol. The standard InChI is InChI=1S/C19H21N3O3S/c1-14-10-15(2)12-18(11-14)22(26(3,24)25)9-8-19(23)21-17-6-4-16(13-20)5-7-17/h4-7,10-12H,8-9H2,1-3H3,(H,21,23). The van der Waals surface area contributed by atoms with Crippen molar-refractivity contribution in [2.75, 3.05) is 22.4 Å². The molecule has 0 heterocycles. The summed E-state index contributed by atoms with van der Waals surface area (Å²) in [6, 6.07) is 14.0. The Balaban J connectivity index is 2.09. The number of sulfonamides is 1. The molecule has 2 aromatic carbocycles. The van der Waals surface area contributed by atoms with Crippen molar-refractivity contribution in [3.63, 3.8) is 0 Å². The minimum Gasteiger partial charge on any atom is -0.326 e. The van der Waals surface area contributed by atoms with Crippen LogP contribution in [-0.2, 0) is 14.8 Å². The first-order valence-electron chi connectivity index (χ1n) is 8.05. The lowest BCUT2D eigenvalue weighted by atomic mass is 10.1. The van der Waals surface area contributed by atoms with Crippen molar-refractivity contribution in [1.82, 2.24) is 0 Å². The van der Waals surface area contributed by atoms with Crippen molar-refractivity contribution in [1.29, 1.82) is 5.26 Å². The minimum atomic E-state index is -3.51. The molecule has 0 aliphatic carbocycles. The van der Waals surface area contributed by atoms with E-state index >= 15 is 0 Å². The molecule has 0 aliphatic rings. The van der Waals surface area contributed by atoms with E-state index in [4.69, 9.17) is 5.26 Å². The summed E-state index contributed by atoms with van der Waals surface area (Å²) in [4.78, 5) is 12.2. The molecule has 0 fully saturated rings. The van der Waals surface area contributed by atoms with Crippen molar-refractivity contribution in [2.24, 2.45) is 0 Å². The monoisotopic (exact) mass is 371 g/mol. The molecule has 7 heteroatoms. The van der Waals surface area contributed by atoms with Crippen LogP contribution in [-0.4, -0.2) is 27.1 Å². The molecule has 0 saturated heterocycles. The number of carbonyl (C=O) groups excluding carboxylic acids is 1. The summed E-state index contributed by atoms with van der Waals surface area (Å²) >= 11 is 0. The molecular formula is C19H21N3O3S. The van der Waals surface area contributed by atoms with Crippen molar-refractivity contribution >= 4 is 27.3 Å². The number of nitriles is 1. The van der Waals surface area contributed by atoms with Gasteiger partial charge >= 0.3 is 0 Å². The third-order valence-electron chi connectivity index (χ3n) is 3.73. The number of nitrogens with one attached hydrogen (secondary N) is 1. The normalized spacial score (nSPS) is 10.8. The summed E-state index contributed by atoms with van der Waals surface area (Å²) < 4.78 is 25.6. The van der Waals surface area contributed by atoms with Gasteiger partial charge in [0, 0.05) is 18.7 Å². The molecule has 6 nitrogen and oxygen atoms in total. The Hall–Kier alpha value is -2.85. The molecule has 0 atom stereocenters. The van der Waals surface area contributed by atoms with Crippen LogP contribution < -0.4 is 9.62 Å². The van der Waals surface area contributed by atoms with Gasteiger partial charge in [-0.25, -0.2) is 8.42 Å². The van der Waals surface area contributed by atoms with Crippen LogP contribution in [0.2, 0.25) is 0 Å². The number of aryl methyl sites for hydroxylation is 2. The molecule has 1 N–H and O–H groups in total. The van der Waals surface area contributed by atoms with Crippen LogP contribution in [0.4, 0.5) is 11.4 Å². The largest absolute Gasteiger partial charge is 0.326 e. The van der Waals surface area contributed by atoms with Gasteiger partial charge in [-0.05, 0) is 61.4 Å². The Bertz CT molecular complexity index is 925. The van der Waals surface area contributed by atoms with Crippen LogP contribution in [0.25, 0.3) is 0 Å². The molecule has 0 bridgehead atoms. The summed E-state index contributed by atoms with van der Waals surface area (Å²) in [5, 5.41) is 11.5. The molecule has 0 aliphatic heterocycles. The summed E-state index contributed by atoms with van der Waals surface area (Å²) in [5.41, 5.74) is 3.52. The minimum absolute atomic E-state index is 0.0139. The summed E-state index contributed by atoms with van der Waals surface area (Å²) in [6.45, 7) is 3.84. The third kappa shape index (κ3) is 5.33. The fourth-order valence-corrected chi connectivity index (χ4v) is 3.55. The van der Waals surface area contributed by atoms with Gasteiger partial charge in [0.2, 0.25) is 15.9 Å². The van der Waals surface area contributed by atoms with Gasteiger partial charge in [0.25, 0.3) is 0 Å². The van der Waals surface area contributed by atoms with Gasteiger partial charge in [-0.1, -0.05) is 6.07 Å². The first-order chi connectivity index (χ1) is 12.2. The van der Waals surface area contributed by atoms with E-state index in [9.17, 15) is 13.2 Å². The van der Waals surface area contributed by atoms with Gasteiger partial charge in [0.15, 0.2) is 0 Å². The van der Waals surface area contributed by atoms with Gasteiger partial charge in [0.1, 0.15) is 0 Å². The second kappa shape index (κ2) is 8.02. The van der Waals surface area contributed by atoms with E-state index in [1.807, 2.05) is 26.0 Å². The highest BCUT2D eigenvalue weighted by atomic mass is 32.2. The van der Waals surface area contributed by atoms with Crippen LogP contribution in [0.3, 0.4) is 0 Å². The van der Waals surface area contributed by atoms with E-state index in [1.165, 1.54) is 4.31 Å². The Kier molecular flexibility index (Phi) is 6.01. The maximum atomic E-state index is 12.2. The van der Waals surface area contributed by atoms with Crippen LogP contribution in [0.5, 0.6) is 0 Å². The summed E-state index contributed by atoms with van der Waals surface area (Å²) in [5.74, 6) is -0.298. The van der Waals surface area contributed by atoms with E-state index in [1.54, 1.807) is 36.4 Å². The van der Waals surface area contributed by atoms with E-state index in [0.29, 0.717) is 16.9 Å². The van der Waals surface area contributed by atoms with Crippen molar-refractivity contribution in [2.45, 2.75) is 20.3 Å². The van der Waals surface area contributed by atoms with E-state index < -0.39 is 10.0 Å². The Morgan fingerprint density at radius 1 is 1.12 bits per heavy atom. The Labute approximate surface area is 154 Å². The molecule has 136 valence electrons. The van der Waals surface area contributed by atoms with Gasteiger partial charge in [-0.3, -0.25) is 9.10 Å². The van der Waals surface area contributed by atoms with Crippen LogP contribution in [0, 0.1) is 25.2 Å². The van der Waals surface area contributed by atoms with Gasteiger partial charge in [-0.2, -0.15) is 5.26 Å². The molecule has 0 spiro atoms. The highest BCUT2D eigenvalue weighted by molar-refractivity contribution is 7.92. The van der Waals surface area contributed by atoms with Crippen LogP contribution in [0.15, 0.2) is 42.5 Å². The van der Waals surface area contributed by atoms with Gasteiger partial charge in [-0.15, -0.1) is 0 Å². The molecule has 0 aromatic heterocycles. The zero-order chi connectivity index (χ0) is 19.3. The first-order valence-corrected chi connectivity index (χ1v) is 9.90. The zero-order valence-corrected chi connectivity index (χ0v) is 15.8. The molecule has 0 saturated carbocycles. The van der Waals surface area contributed by atoms with E-state index in [-0.39, 0.29) is 18.9 Å². The quantitative estimate of drug-likeness (QED) is 0.845. The number of hydrogen-bond acceptors (Lipinski definition) is 4. The fraction of sp³-hybridized carbons (Fsp3) is 0.263. The molecule has 0 unspecified atom stereocenters. The lowest BCUT2D eigenvalue weighted by molar-refractivity contribution is -0.116. The topological polar surface area (TPSA) is 90.3 Å². The average Bonchev–Trinajstić information content (AvgIpc) is 2.53. The molecular weight excluding hydrogens is 350 g/mol. The Morgan fingerprint density at radius 3 is 2.19 bits per heavy atom. The van der Waals surface area contributed by atoms with Gasteiger partial charge < -0.3 is 5.32 Å². The second-order valence-electron chi connectivity index (χ2n) is 6.17. The SMILES string of the molecule is Cc1cc(C)cc(N(CCC(=O)Nc2ccc(C#N)cc2)S(C)(=O)=O)c1. The highest BCUT2D eigenvalue weighted by Crippen LogP contribution is 2.21. The predicted octanol–water partition coefficient (Wildman–Crippen LogP) is 2.97. The van der Waals surface area contributed by atoms with Crippen molar-refractivity contribution < 1.29 is 13.2 Å². The van der Waals surface area contributed by atoms with Gasteiger partial charge in [0.05, 0.1) is 23.6 Å². The number of benzene rings is 2. The Morgan fingerprint density at radius 2 is 1.69 bits per heavy atom. The van der Waals surface area contributed by atoms with E-state index in [0.717, 1.165) is 17.4 Å². The van der Waals surface area contributed by atoms with Crippen LogP contribution in [0.1, 0.15) is 23.1 Å². The number of anilines is 2. The number of carbonyl (C=O) groups is 1. The number of amides is 1. The lowest BCUT2D eigenvalue weighted by Crippen LogP contribution is -2.33. The predicted molar refractivity (Wildman–Crippen MR) is 103 cm³/mol. The first kappa shape index (κ1) is 19.5. The zero-order valence-electron chi connectivity index (χ0n) is 15.0. The van der Waals surface area contributed by atoms with E-state index in [2.05, 4.69) is 5.32 Å².